The molecule has 1 aromatic carbocycles. The van der Waals surface area contributed by atoms with Gasteiger partial charge in [-0.05, 0) is 51.5 Å². The van der Waals surface area contributed by atoms with Crippen LogP contribution in [-0.2, 0) is 11.8 Å². The minimum absolute atomic E-state index is 0.251. The minimum Gasteiger partial charge on any atom is -0.496 e. The molecule has 0 bridgehead atoms. The van der Waals surface area contributed by atoms with Gasteiger partial charge >= 0.3 is 6.09 Å². The Morgan fingerprint density at radius 3 is 2.55 bits per heavy atom. The molecule has 174 valence electrons. The Bertz CT molecular complexity index is 1250. The molecule has 0 atom stereocenters. The number of allylic oxidation sites excluding steroid dienone is 1. The summed E-state index contributed by atoms with van der Waals surface area (Å²) in [6.45, 7) is 10.9. The number of aryl methyl sites for hydroxylation is 1. The maximum Gasteiger partial charge on any atom is 0.435 e. The first-order valence-electron chi connectivity index (χ1n) is 10.2. The van der Waals surface area contributed by atoms with Gasteiger partial charge in [-0.3, -0.25) is 4.68 Å². The van der Waals surface area contributed by atoms with Crippen molar-refractivity contribution in [2.45, 2.75) is 33.3 Å². The first-order valence-corrected chi connectivity index (χ1v) is 10.2. The molecule has 0 spiro atoms. The van der Waals surface area contributed by atoms with E-state index in [-0.39, 0.29) is 11.3 Å². The summed E-state index contributed by atoms with van der Waals surface area (Å²) in [6, 6.07) is 2.78. The standard InChI is InChI=1S/C24H28FN5O3/c1-8-19-17(9-14(2)21-18(25)10-16(26)11-20(21)32-7)22(15-12-27-29(6)13-15)28-30(19)23(31)33-24(3,4)5/h8-13H,1,26H2,2-7H3/b14-9+. The number of methoxy groups -OCH3 is 1. The molecule has 0 aliphatic heterocycles. The van der Waals surface area contributed by atoms with Crippen LogP contribution in [0, 0.1) is 5.82 Å². The first-order chi connectivity index (χ1) is 15.4. The van der Waals surface area contributed by atoms with E-state index >= 15 is 0 Å². The average Bonchev–Trinajstić information content (AvgIpc) is 3.29. The molecule has 0 fully saturated rings. The molecular formula is C24H28FN5O3. The number of anilines is 1. The van der Waals surface area contributed by atoms with Gasteiger partial charge in [0.2, 0.25) is 0 Å². The Morgan fingerprint density at radius 1 is 1.30 bits per heavy atom. The number of nitrogens with two attached hydrogens (primary N) is 1. The van der Waals surface area contributed by atoms with E-state index in [4.69, 9.17) is 15.2 Å². The molecule has 0 saturated carbocycles. The van der Waals surface area contributed by atoms with Crippen LogP contribution in [0.1, 0.15) is 44.5 Å². The van der Waals surface area contributed by atoms with E-state index in [0.29, 0.717) is 33.8 Å². The smallest absolute Gasteiger partial charge is 0.435 e. The quantitative estimate of drug-likeness (QED) is 0.546. The number of nitrogen functional groups attached to an aromatic ring is 1. The van der Waals surface area contributed by atoms with Crippen LogP contribution in [-0.4, -0.2) is 38.4 Å². The molecular weight excluding hydrogens is 425 g/mol. The molecule has 8 nitrogen and oxygen atoms in total. The van der Waals surface area contributed by atoms with Crippen LogP contribution in [0.5, 0.6) is 5.75 Å². The number of hydrogen-bond acceptors (Lipinski definition) is 6. The van der Waals surface area contributed by atoms with Crippen molar-refractivity contribution in [1.29, 1.82) is 0 Å². The molecule has 0 aliphatic rings. The number of nitrogens with zero attached hydrogens (tertiary/aromatic N) is 4. The van der Waals surface area contributed by atoms with E-state index < -0.39 is 17.5 Å². The fourth-order valence-electron chi connectivity index (χ4n) is 3.42. The summed E-state index contributed by atoms with van der Waals surface area (Å²) in [6.07, 6.45) is 5.98. The van der Waals surface area contributed by atoms with Gasteiger partial charge < -0.3 is 15.2 Å². The van der Waals surface area contributed by atoms with Gasteiger partial charge in [0.05, 0.1) is 24.6 Å². The second kappa shape index (κ2) is 8.93. The van der Waals surface area contributed by atoms with E-state index in [2.05, 4.69) is 16.8 Å². The van der Waals surface area contributed by atoms with Crippen molar-refractivity contribution in [3.8, 4) is 17.0 Å². The molecule has 2 aromatic heterocycles. The number of benzene rings is 1. The molecule has 0 radical (unpaired) electrons. The van der Waals surface area contributed by atoms with Crippen molar-refractivity contribution >= 4 is 29.5 Å². The van der Waals surface area contributed by atoms with Crippen LogP contribution in [0.25, 0.3) is 29.0 Å². The van der Waals surface area contributed by atoms with Crippen LogP contribution in [0.15, 0.2) is 31.1 Å². The van der Waals surface area contributed by atoms with Crippen molar-refractivity contribution in [1.82, 2.24) is 19.6 Å². The van der Waals surface area contributed by atoms with Crippen molar-refractivity contribution < 1.29 is 18.7 Å². The lowest BCUT2D eigenvalue weighted by Crippen LogP contribution is -2.28. The van der Waals surface area contributed by atoms with E-state index in [1.807, 2.05) is 0 Å². The fraction of sp³-hybridized carbons (Fsp3) is 0.292. The molecule has 3 aromatic rings. The number of carbonyl (C=O) groups is 1. The fourth-order valence-corrected chi connectivity index (χ4v) is 3.42. The Balaban J connectivity index is 2.26. The third kappa shape index (κ3) is 4.97. The molecule has 2 N–H and O–H groups in total. The highest BCUT2D eigenvalue weighted by atomic mass is 19.1. The van der Waals surface area contributed by atoms with Crippen molar-refractivity contribution in [3.63, 3.8) is 0 Å². The lowest BCUT2D eigenvalue weighted by Gasteiger charge is -2.19. The molecule has 3 rings (SSSR count). The molecule has 0 saturated heterocycles. The SMILES string of the molecule is C=Cc1c(/C=C(\C)c2c(F)cc(N)cc2OC)c(-c2cnn(C)c2)nn1C(=O)OC(C)(C)C. The Kier molecular flexibility index (Phi) is 6.44. The van der Waals surface area contributed by atoms with Crippen LogP contribution >= 0.6 is 0 Å². The van der Waals surface area contributed by atoms with Gasteiger partial charge in [0.25, 0.3) is 0 Å². The molecule has 0 amide bonds. The maximum absolute atomic E-state index is 14.9. The lowest BCUT2D eigenvalue weighted by molar-refractivity contribution is 0.0514. The lowest BCUT2D eigenvalue weighted by atomic mass is 9.99. The predicted octanol–water partition coefficient (Wildman–Crippen LogP) is 5.00. The van der Waals surface area contributed by atoms with Crippen LogP contribution < -0.4 is 10.5 Å². The van der Waals surface area contributed by atoms with E-state index in [1.54, 1.807) is 64.0 Å². The number of rotatable bonds is 5. The van der Waals surface area contributed by atoms with Gasteiger partial charge in [0.15, 0.2) is 0 Å². The van der Waals surface area contributed by atoms with E-state index in [0.717, 1.165) is 4.68 Å². The van der Waals surface area contributed by atoms with E-state index in [9.17, 15) is 9.18 Å². The third-order valence-corrected chi connectivity index (χ3v) is 4.75. The number of hydrogen-bond donors (Lipinski definition) is 1. The zero-order valence-electron chi connectivity index (χ0n) is 19.6. The van der Waals surface area contributed by atoms with Gasteiger partial charge in [-0.2, -0.15) is 14.9 Å². The molecule has 0 aliphatic carbocycles. The summed E-state index contributed by atoms with van der Waals surface area (Å²) in [5.41, 5.74) is 8.19. The van der Waals surface area contributed by atoms with E-state index in [1.165, 1.54) is 19.3 Å². The highest BCUT2D eigenvalue weighted by molar-refractivity contribution is 5.91. The molecule has 9 heteroatoms. The summed E-state index contributed by atoms with van der Waals surface area (Å²) in [7, 11) is 3.22. The second-order valence-corrected chi connectivity index (χ2v) is 8.55. The summed E-state index contributed by atoms with van der Waals surface area (Å²) in [5, 5.41) is 8.70. The van der Waals surface area contributed by atoms with Crippen molar-refractivity contribution in [2.75, 3.05) is 12.8 Å². The second-order valence-electron chi connectivity index (χ2n) is 8.55. The van der Waals surface area contributed by atoms with Crippen LogP contribution in [0.3, 0.4) is 0 Å². The highest BCUT2D eigenvalue weighted by Crippen LogP contribution is 2.35. The van der Waals surface area contributed by atoms with Crippen molar-refractivity contribution in [3.05, 3.63) is 53.7 Å². The maximum atomic E-state index is 14.9. The number of ether oxygens (including phenoxy) is 2. The number of halogens is 1. The minimum atomic E-state index is -0.720. The zero-order chi connectivity index (χ0) is 24.5. The third-order valence-electron chi connectivity index (χ3n) is 4.75. The van der Waals surface area contributed by atoms with Gasteiger partial charge in [-0.25, -0.2) is 9.18 Å². The largest absolute Gasteiger partial charge is 0.496 e. The monoisotopic (exact) mass is 453 g/mol. The molecule has 0 unspecified atom stereocenters. The van der Waals surface area contributed by atoms with Crippen molar-refractivity contribution in [2.24, 2.45) is 7.05 Å². The Labute approximate surface area is 192 Å². The first kappa shape index (κ1) is 23.8. The summed E-state index contributed by atoms with van der Waals surface area (Å²) in [4.78, 5) is 12.9. The Morgan fingerprint density at radius 2 is 2.00 bits per heavy atom. The van der Waals surface area contributed by atoms with Crippen LogP contribution in [0.4, 0.5) is 14.9 Å². The normalized spacial score (nSPS) is 12.0. The Hall–Kier alpha value is -3.88. The predicted molar refractivity (Wildman–Crippen MR) is 127 cm³/mol. The molecule has 2 heterocycles. The topological polar surface area (TPSA) is 97.2 Å². The summed E-state index contributed by atoms with van der Waals surface area (Å²) >= 11 is 0. The van der Waals surface area contributed by atoms with Gasteiger partial charge in [-0.1, -0.05) is 6.58 Å². The average molecular weight is 454 g/mol. The molecule has 33 heavy (non-hydrogen) atoms. The van der Waals surface area contributed by atoms with Gasteiger partial charge in [-0.15, -0.1) is 0 Å². The zero-order valence-corrected chi connectivity index (χ0v) is 19.6. The van der Waals surface area contributed by atoms with Gasteiger partial charge in [0, 0.05) is 36.1 Å². The number of carbonyl (C=O) groups excluding carboxylic acids is 1. The highest BCUT2D eigenvalue weighted by Gasteiger charge is 2.25. The van der Waals surface area contributed by atoms with Crippen LogP contribution in [0.2, 0.25) is 0 Å². The van der Waals surface area contributed by atoms with Gasteiger partial charge in [0.1, 0.15) is 22.9 Å². The summed E-state index contributed by atoms with van der Waals surface area (Å²) < 4.78 is 28.5. The summed E-state index contributed by atoms with van der Waals surface area (Å²) in [5.74, 6) is -0.230. The number of aromatic nitrogens is 4.